The van der Waals surface area contributed by atoms with E-state index in [1.165, 1.54) is 34.1 Å². The van der Waals surface area contributed by atoms with Crippen LogP contribution in [0.15, 0.2) is 157 Å². The van der Waals surface area contributed by atoms with Gasteiger partial charge in [0.05, 0.1) is 167 Å². The monoisotopic (exact) mass is 2050 g/mol. The molecular weight excluding hydrogens is 1920 g/mol. The van der Waals surface area contributed by atoms with Gasteiger partial charge in [-0.1, -0.05) is 45.7 Å². The number of halogens is 1. The van der Waals surface area contributed by atoms with Crippen molar-refractivity contribution >= 4 is 106 Å². The van der Waals surface area contributed by atoms with Crippen LogP contribution in [0.4, 0.5) is 0 Å². The Kier molecular flexibility index (Phi) is 53.1. The number of carbonyl (C=O) groups excluding carboxylic acids is 6. The Labute approximate surface area is 890 Å². The largest absolute Gasteiger partial charge is 1.00 e. The smallest absolute Gasteiger partial charge is 1.00 e. The average Bonchev–Trinajstić information content (AvgIpc) is 1.26. The molecule has 3 fully saturated rings. The first kappa shape index (κ1) is 127. The van der Waals surface area contributed by atoms with E-state index < -0.39 is 25.0 Å². The molecule has 11 heterocycles. The molecule has 15 rings (SSSR count). The number of aliphatic carboxylic acids is 1. The van der Waals surface area contributed by atoms with Crippen molar-refractivity contribution in [2.75, 3.05) is 149 Å². The van der Waals surface area contributed by atoms with Crippen molar-refractivity contribution in [1.29, 1.82) is 0 Å². The molecule has 1 atom stereocenters. The first-order valence-electron chi connectivity index (χ1n) is 45.1. The van der Waals surface area contributed by atoms with Gasteiger partial charge >= 0.3 is 79.4 Å². The number of rotatable bonds is 26. The molecule has 12 aromatic rings. The molecule has 38 heteroatoms. The van der Waals surface area contributed by atoms with Crippen LogP contribution in [0.5, 0.6) is 46.0 Å². The maximum Gasteiger partial charge on any atom is 1.00 e. The van der Waals surface area contributed by atoms with Gasteiger partial charge in [0, 0.05) is 148 Å². The summed E-state index contributed by atoms with van der Waals surface area (Å²) in [5.41, 5.74) is 18.3. The summed E-state index contributed by atoms with van der Waals surface area (Å²) >= 11 is 3.38. The second-order valence-electron chi connectivity index (χ2n) is 32.6. The molecule has 33 nitrogen and oxygen atoms in total. The molecule has 0 spiro atoms. The third kappa shape index (κ3) is 32.2. The number of hydrogen-bond donors (Lipinski definition) is 4. The molecule has 767 valence electrons. The van der Waals surface area contributed by atoms with E-state index in [4.69, 9.17) is 91.0 Å². The molecule has 0 amide bonds. The zero-order valence-corrected chi connectivity index (χ0v) is 89.3. The number of carboxylic acids is 1. The molecule has 4 aromatic carbocycles. The Bertz CT molecular complexity index is 6310. The van der Waals surface area contributed by atoms with Crippen LogP contribution in [0.2, 0.25) is 0 Å². The molecule has 3 aliphatic heterocycles. The topological polar surface area (TPSA) is 385 Å². The standard InChI is InChI=1S/C27H34N2O5.C27H32N2O5.C22H23NO5.C14H14BrNO3.C8H11BO4.C4H9NO.C2H4O2.2CH4.B.Li.Na.H2O.H/c2*1-17(2)34-27(30)23-15-22-13-21(20-7-8-24(31-5)25(14-20)32-6)16-29(22)26(18(23)3)19(4)28-9-11-33-12-10-28;1-6-28-22(25)18-11-17-9-16(12-23(17)21(13(18)2)14(3)24)15-7-8-19(26-4)20(10-15)27-5;1-4-19-14(18)12-6-11-5-10(15)7-16(11)13(8(12)2)9(3)17;1-12-7-4-3-6(9(10)11)5-8(7)13-2;1-3-6-4-2-5-1;1-2(3)4;;;;;;;/h7-8,13-17,19H,9-12H2,1-6H3;7-8,13-17H,4,9-12H2,1-3,5-6H3;7-12H,6H2,1-5H3;5-7H,4H2,1-3H3;3-5,10-11H,1-2H3;5H,1-4H2;1H3,(H,3,4);2*1H4;;;;1H2;/q;;;;;;;;;;2*+1;;-1/p-1. The Morgan fingerprint density at radius 3 is 1.09 bits per heavy atom. The number of Topliss-reactive ketones (excluding diaryl/α,β-unsaturated/α-hetero) is 2. The summed E-state index contributed by atoms with van der Waals surface area (Å²) in [5.74, 6) is 2.49. The van der Waals surface area contributed by atoms with Crippen molar-refractivity contribution in [1.82, 2.24) is 32.7 Å². The molecule has 8 aromatic heterocycles. The summed E-state index contributed by atoms with van der Waals surface area (Å²) in [6, 6.07) is 37.4. The van der Waals surface area contributed by atoms with Crippen molar-refractivity contribution in [2.24, 2.45) is 0 Å². The summed E-state index contributed by atoms with van der Waals surface area (Å²) in [4.78, 5) is 88.0. The maximum atomic E-state index is 13.0. The molecule has 0 aliphatic carbocycles. The first-order chi connectivity index (χ1) is 65.9. The number of ketones is 2. The van der Waals surface area contributed by atoms with Crippen molar-refractivity contribution < 1.29 is 175 Å². The van der Waals surface area contributed by atoms with Gasteiger partial charge in [0.2, 0.25) is 0 Å². The molecule has 0 saturated carbocycles. The fourth-order valence-corrected chi connectivity index (χ4v) is 16.6. The first-order valence-corrected chi connectivity index (χ1v) is 45.9. The van der Waals surface area contributed by atoms with E-state index in [-0.39, 0.29) is 127 Å². The van der Waals surface area contributed by atoms with Gasteiger partial charge in [-0.25, -0.2) is 19.2 Å². The minimum atomic E-state index is -1.49. The fourth-order valence-electron chi connectivity index (χ4n) is 16.1. The zero-order valence-electron chi connectivity index (χ0n) is 86.7. The summed E-state index contributed by atoms with van der Waals surface area (Å²) in [6.07, 6.45) is 7.51. The van der Waals surface area contributed by atoms with E-state index in [0.717, 1.165) is 148 Å². The van der Waals surface area contributed by atoms with Gasteiger partial charge in [0.15, 0.2) is 57.6 Å². The number of carboxylic acid groups (broad SMARTS) is 1. The Balaban J connectivity index is 0.000000606. The third-order valence-electron chi connectivity index (χ3n) is 22.7. The van der Waals surface area contributed by atoms with Crippen LogP contribution in [-0.4, -0.2) is 266 Å². The molecule has 0 bridgehead atoms. The van der Waals surface area contributed by atoms with Crippen molar-refractivity contribution in [2.45, 2.75) is 130 Å². The van der Waals surface area contributed by atoms with E-state index in [2.05, 4.69) is 77.9 Å². The number of carbonyl (C=O) groups is 7. The third-order valence-corrected chi connectivity index (χ3v) is 23.2. The van der Waals surface area contributed by atoms with Crippen molar-refractivity contribution in [3.05, 3.63) is 224 Å². The average molecular weight is 2060 g/mol. The number of esters is 4. The van der Waals surface area contributed by atoms with E-state index >= 15 is 0 Å². The van der Waals surface area contributed by atoms with Gasteiger partial charge in [0.25, 0.3) is 5.97 Å². The van der Waals surface area contributed by atoms with Crippen LogP contribution < -0.4 is 97.1 Å². The summed E-state index contributed by atoms with van der Waals surface area (Å²) in [6.45, 7) is 39.5. The van der Waals surface area contributed by atoms with E-state index in [0.29, 0.717) is 129 Å². The quantitative estimate of drug-likeness (QED) is 0.0169. The Morgan fingerprint density at radius 2 is 0.750 bits per heavy atom. The SMILES string of the molecule is C.C.C1COCCN1.C=C(c1c(C)c(C(=O)OC(C)C)cc2cc(-c3ccc(OC)c(OC)c3)cn12)N1CCOCC1.CC(=O)O.CCOC(=O)c1cc2cc(-c3ccc(OC)c(OC)c3)cn2c(C(C)=O)c1C.CCOC(=O)c1cc2cc(Br)cn2c(C(C)=O)c1C.COc1ccc(-c2cc3cc(C(=O)OC(C)C)c(C)c(C(C)N4CCOCC4)n3c2)cc1OC.COc1ccc(B(O)O)cc1OC.[B].[H-].[Li+].[Na+].[OH-]. The van der Waals surface area contributed by atoms with Crippen molar-refractivity contribution in [3.8, 4) is 79.4 Å². The van der Waals surface area contributed by atoms with Gasteiger partial charge < -0.3 is 121 Å². The number of fused-ring (bicyclic) bond motifs is 4. The number of methoxy groups -OCH3 is 8. The molecular formula is C106H137B2BrLiN7NaO26. The number of morpholine rings is 3. The minimum absolute atomic E-state index is 0. The number of nitrogens with zero attached hydrogens (tertiary/aromatic N) is 6. The van der Waals surface area contributed by atoms with Crippen LogP contribution in [0.3, 0.4) is 0 Å². The van der Waals surface area contributed by atoms with Gasteiger partial charge in [-0.05, 0) is 234 Å². The van der Waals surface area contributed by atoms with E-state index in [1.807, 2.05) is 137 Å². The van der Waals surface area contributed by atoms with Crippen LogP contribution in [-0.2, 0) is 38.0 Å². The second-order valence-corrected chi connectivity index (χ2v) is 33.5. The number of nitrogens with one attached hydrogen (secondary N) is 1. The second kappa shape index (κ2) is 60.4. The minimum Gasteiger partial charge on any atom is -1.00 e. The number of pyridine rings is 4. The molecule has 144 heavy (non-hydrogen) atoms. The van der Waals surface area contributed by atoms with E-state index in [9.17, 15) is 28.8 Å². The van der Waals surface area contributed by atoms with Crippen LogP contribution in [0.1, 0.15) is 188 Å². The number of ether oxygens (including phenoxy) is 15. The predicted molar refractivity (Wildman–Crippen MR) is 556 cm³/mol. The molecule has 1 unspecified atom stereocenters. The van der Waals surface area contributed by atoms with Gasteiger partial charge in [0.1, 0.15) is 0 Å². The van der Waals surface area contributed by atoms with Crippen molar-refractivity contribution in [3.63, 3.8) is 0 Å². The van der Waals surface area contributed by atoms with Gasteiger partial charge in [-0.15, -0.1) is 0 Å². The van der Waals surface area contributed by atoms with Crippen LogP contribution in [0.25, 0.3) is 61.1 Å². The zero-order chi connectivity index (χ0) is 101. The number of benzene rings is 4. The summed E-state index contributed by atoms with van der Waals surface area (Å²) < 4.78 is 88.6. The van der Waals surface area contributed by atoms with Gasteiger partial charge in [-0.3, -0.25) is 19.3 Å². The fraction of sp³-hybridized carbons (Fsp3) is 0.387. The van der Waals surface area contributed by atoms with Crippen LogP contribution in [0, 0.1) is 27.7 Å². The normalized spacial score (nSPS) is 12.5. The molecule has 5 N–H and O–H groups in total. The Morgan fingerprint density at radius 1 is 0.438 bits per heavy atom. The summed E-state index contributed by atoms with van der Waals surface area (Å²) in [7, 11) is 11.2. The Hall–Kier alpha value is -11.6. The molecule has 3 radical (unpaired) electrons. The maximum absolute atomic E-state index is 13.0. The summed E-state index contributed by atoms with van der Waals surface area (Å²) in [5, 5.41) is 28.3. The van der Waals surface area contributed by atoms with E-state index in [1.54, 1.807) is 99.0 Å². The van der Waals surface area contributed by atoms with Crippen LogP contribution >= 0.6 is 15.9 Å². The predicted octanol–water partition coefficient (Wildman–Crippen LogP) is 11.3. The molecule has 3 saturated heterocycles. The number of hydrogen-bond acceptors (Lipinski definition) is 28. The van der Waals surface area contributed by atoms with Gasteiger partial charge in [-0.2, -0.15) is 0 Å². The number of aromatic nitrogens is 4. The molecule has 3 aliphatic rings.